The van der Waals surface area contributed by atoms with Crippen LogP contribution in [0.15, 0.2) is 18.2 Å². The topological polar surface area (TPSA) is 12.0 Å². The molecule has 0 saturated heterocycles. The van der Waals surface area contributed by atoms with E-state index < -0.39 is 11.7 Å². The van der Waals surface area contributed by atoms with E-state index in [2.05, 4.69) is 5.32 Å². The maximum atomic E-state index is 12.7. The number of hydrogen-bond acceptors (Lipinski definition) is 1. The van der Waals surface area contributed by atoms with E-state index in [0.717, 1.165) is 6.07 Å². The lowest BCUT2D eigenvalue weighted by molar-refractivity contribution is -0.138. The average Bonchev–Trinajstić information content (AvgIpc) is 2.13. The summed E-state index contributed by atoms with van der Waals surface area (Å²) in [5.41, 5.74) is 0.380. The smallest absolute Gasteiger partial charge is 0.380 e. The third-order valence-corrected chi connectivity index (χ3v) is 2.95. The van der Waals surface area contributed by atoms with Crippen molar-refractivity contribution >= 4 is 5.69 Å². The summed E-state index contributed by atoms with van der Waals surface area (Å²) >= 11 is 0. The van der Waals surface area contributed by atoms with Crippen LogP contribution in [0.1, 0.15) is 31.4 Å². The van der Waals surface area contributed by atoms with Crippen LogP contribution in [0.4, 0.5) is 18.9 Å². The second-order valence-corrected chi connectivity index (χ2v) is 4.84. The molecule has 2 rings (SSSR count). The lowest BCUT2D eigenvalue weighted by Gasteiger charge is -2.35. The average molecular weight is 229 g/mol. The third-order valence-electron chi connectivity index (χ3n) is 2.95. The second kappa shape index (κ2) is 3.40. The Kier molecular flexibility index (Phi) is 2.40. The highest BCUT2D eigenvalue weighted by atomic mass is 19.4. The third kappa shape index (κ3) is 2.01. The summed E-state index contributed by atoms with van der Waals surface area (Å²) in [5, 5.41) is 3.15. The Balaban J connectivity index is 2.47. The number of halogens is 3. The monoisotopic (exact) mass is 229 g/mol. The van der Waals surface area contributed by atoms with E-state index in [1.165, 1.54) is 6.07 Å². The predicted octanol–water partition coefficient (Wildman–Crippen LogP) is 3.84. The first-order valence-electron chi connectivity index (χ1n) is 5.27. The van der Waals surface area contributed by atoms with Gasteiger partial charge in [0, 0.05) is 11.2 Å². The number of nitrogens with one attached hydrogen (secondary N) is 1. The van der Waals surface area contributed by atoms with Crippen molar-refractivity contribution in [2.45, 2.75) is 38.4 Å². The molecule has 1 heterocycles. The molecule has 1 aliphatic rings. The lowest BCUT2D eigenvalue weighted by Crippen LogP contribution is -2.36. The van der Waals surface area contributed by atoms with Crippen LogP contribution in [0.5, 0.6) is 0 Å². The van der Waals surface area contributed by atoms with Gasteiger partial charge in [-0.05, 0) is 44.4 Å². The van der Waals surface area contributed by atoms with Crippen molar-refractivity contribution in [3.8, 4) is 0 Å². The zero-order valence-electron chi connectivity index (χ0n) is 9.28. The normalized spacial score (nSPS) is 18.8. The van der Waals surface area contributed by atoms with E-state index in [4.69, 9.17) is 0 Å². The molecule has 0 aromatic heterocycles. The van der Waals surface area contributed by atoms with Crippen molar-refractivity contribution in [1.82, 2.24) is 0 Å². The second-order valence-electron chi connectivity index (χ2n) is 4.84. The molecule has 0 amide bonds. The summed E-state index contributed by atoms with van der Waals surface area (Å²) < 4.78 is 38.2. The van der Waals surface area contributed by atoms with E-state index in [1.807, 2.05) is 13.8 Å². The molecule has 1 nitrogen and oxygen atoms in total. The van der Waals surface area contributed by atoms with Gasteiger partial charge in [0.2, 0.25) is 0 Å². The summed E-state index contributed by atoms with van der Waals surface area (Å²) in [6, 6.07) is 4.32. The molecule has 1 N–H and O–H groups in total. The molecular formula is C12H14F3N. The van der Waals surface area contributed by atoms with Gasteiger partial charge >= 0.3 is 6.18 Å². The van der Waals surface area contributed by atoms with Crippen LogP contribution >= 0.6 is 0 Å². The van der Waals surface area contributed by atoms with Gasteiger partial charge < -0.3 is 5.32 Å². The summed E-state index contributed by atoms with van der Waals surface area (Å²) in [7, 11) is 0. The highest BCUT2D eigenvalue weighted by Crippen LogP contribution is 2.39. The molecule has 1 aromatic carbocycles. The molecular weight excluding hydrogens is 215 g/mol. The van der Waals surface area contributed by atoms with Crippen molar-refractivity contribution in [3.63, 3.8) is 0 Å². The minimum atomic E-state index is -4.26. The SMILES string of the molecule is CC1(C)CCc2c(cccc2C(F)(F)F)N1. The molecule has 0 aliphatic carbocycles. The number of alkyl halides is 3. The molecule has 1 aromatic rings. The van der Waals surface area contributed by atoms with Crippen LogP contribution in [0, 0.1) is 0 Å². The van der Waals surface area contributed by atoms with E-state index in [1.54, 1.807) is 6.07 Å². The maximum Gasteiger partial charge on any atom is 0.416 e. The summed E-state index contributed by atoms with van der Waals surface area (Å²) in [5.74, 6) is 0. The summed E-state index contributed by atoms with van der Waals surface area (Å²) in [6.07, 6.45) is -3.06. The summed E-state index contributed by atoms with van der Waals surface area (Å²) in [6.45, 7) is 3.99. The van der Waals surface area contributed by atoms with Gasteiger partial charge in [-0.15, -0.1) is 0 Å². The Morgan fingerprint density at radius 1 is 1.25 bits per heavy atom. The van der Waals surface area contributed by atoms with Crippen LogP contribution in [-0.2, 0) is 12.6 Å². The first kappa shape index (κ1) is 11.3. The van der Waals surface area contributed by atoms with Gasteiger partial charge in [0.25, 0.3) is 0 Å². The zero-order chi connectivity index (χ0) is 12.0. The van der Waals surface area contributed by atoms with Crippen LogP contribution in [0.3, 0.4) is 0 Å². The number of hydrogen-bond donors (Lipinski definition) is 1. The van der Waals surface area contributed by atoms with Crippen molar-refractivity contribution < 1.29 is 13.2 Å². The van der Waals surface area contributed by atoms with Gasteiger partial charge in [-0.1, -0.05) is 6.07 Å². The van der Waals surface area contributed by atoms with E-state index in [0.29, 0.717) is 24.1 Å². The molecule has 4 heteroatoms. The first-order valence-corrected chi connectivity index (χ1v) is 5.27. The van der Waals surface area contributed by atoms with Crippen molar-refractivity contribution in [2.75, 3.05) is 5.32 Å². The quantitative estimate of drug-likeness (QED) is 0.712. The standard InChI is InChI=1S/C12H14F3N/c1-11(2)7-6-8-9(12(13,14)15)4-3-5-10(8)16-11/h3-5,16H,6-7H2,1-2H3. The Morgan fingerprint density at radius 2 is 1.94 bits per heavy atom. The minimum Gasteiger partial charge on any atom is -0.380 e. The van der Waals surface area contributed by atoms with Crippen LogP contribution in [0.2, 0.25) is 0 Å². The molecule has 16 heavy (non-hydrogen) atoms. The van der Waals surface area contributed by atoms with E-state index in [-0.39, 0.29) is 5.54 Å². The number of fused-ring (bicyclic) bond motifs is 1. The highest BCUT2D eigenvalue weighted by Gasteiger charge is 2.36. The number of benzene rings is 1. The van der Waals surface area contributed by atoms with Crippen molar-refractivity contribution in [2.24, 2.45) is 0 Å². The number of anilines is 1. The van der Waals surface area contributed by atoms with Gasteiger partial charge in [0.05, 0.1) is 5.56 Å². The fourth-order valence-corrected chi connectivity index (χ4v) is 2.10. The first-order chi connectivity index (χ1) is 7.30. The highest BCUT2D eigenvalue weighted by molar-refractivity contribution is 5.58. The molecule has 0 spiro atoms. The fraction of sp³-hybridized carbons (Fsp3) is 0.500. The largest absolute Gasteiger partial charge is 0.416 e. The Hall–Kier alpha value is -1.19. The Morgan fingerprint density at radius 3 is 2.56 bits per heavy atom. The molecule has 0 unspecified atom stereocenters. The van der Waals surface area contributed by atoms with Crippen molar-refractivity contribution in [1.29, 1.82) is 0 Å². The lowest BCUT2D eigenvalue weighted by atomic mass is 9.87. The molecule has 0 atom stereocenters. The van der Waals surface area contributed by atoms with Gasteiger partial charge in [0.15, 0.2) is 0 Å². The number of rotatable bonds is 0. The van der Waals surface area contributed by atoms with E-state index >= 15 is 0 Å². The molecule has 0 saturated carbocycles. The van der Waals surface area contributed by atoms with Crippen molar-refractivity contribution in [3.05, 3.63) is 29.3 Å². The van der Waals surface area contributed by atoms with Gasteiger partial charge in [-0.2, -0.15) is 13.2 Å². The molecule has 88 valence electrons. The Bertz CT molecular complexity index is 407. The van der Waals surface area contributed by atoms with Gasteiger partial charge in [-0.25, -0.2) is 0 Å². The van der Waals surface area contributed by atoms with Crippen LogP contribution < -0.4 is 5.32 Å². The molecule has 0 bridgehead atoms. The van der Waals surface area contributed by atoms with Crippen LogP contribution in [-0.4, -0.2) is 5.54 Å². The van der Waals surface area contributed by atoms with Gasteiger partial charge in [0.1, 0.15) is 0 Å². The molecule has 1 aliphatic heterocycles. The van der Waals surface area contributed by atoms with Gasteiger partial charge in [-0.3, -0.25) is 0 Å². The molecule has 0 fully saturated rings. The summed E-state index contributed by atoms with van der Waals surface area (Å²) in [4.78, 5) is 0. The molecule has 0 radical (unpaired) electrons. The minimum absolute atomic E-state index is 0.128. The maximum absolute atomic E-state index is 12.7. The van der Waals surface area contributed by atoms with Crippen LogP contribution in [0.25, 0.3) is 0 Å². The van der Waals surface area contributed by atoms with E-state index in [9.17, 15) is 13.2 Å². The Labute approximate surface area is 92.7 Å². The fourth-order valence-electron chi connectivity index (χ4n) is 2.10. The predicted molar refractivity (Wildman–Crippen MR) is 57.5 cm³/mol. The zero-order valence-corrected chi connectivity index (χ0v) is 9.28.